The Kier molecular flexibility index (Phi) is 13.7. The second kappa shape index (κ2) is 17.7. The van der Waals surface area contributed by atoms with E-state index in [4.69, 9.17) is 32.6 Å². The Morgan fingerprint density at radius 3 is 2.30 bits per heavy atom. The first-order chi connectivity index (χ1) is 22.2. The maximum Gasteiger partial charge on any atom is 0.297 e. The van der Waals surface area contributed by atoms with Gasteiger partial charge in [0.25, 0.3) is 10.1 Å². The summed E-state index contributed by atoms with van der Waals surface area (Å²) >= 11 is 0. The van der Waals surface area contributed by atoms with E-state index < -0.39 is 53.3 Å². The predicted octanol–water partition coefficient (Wildman–Crippen LogP) is 4.96. The van der Waals surface area contributed by atoms with Gasteiger partial charge in [0.1, 0.15) is 30.9 Å². The summed E-state index contributed by atoms with van der Waals surface area (Å²) in [6.07, 6.45) is -2.08. The molecule has 0 aliphatic carbocycles. The second-order valence-corrected chi connectivity index (χ2v) is 12.7. The number of aryl methyl sites for hydroxylation is 1. The molecule has 6 atom stereocenters. The Labute approximate surface area is 271 Å². The van der Waals surface area contributed by atoms with Gasteiger partial charge in [-0.15, -0.1) is 6.58 Å². The summed E-state index contributed by atoms with van der Waals surface area (Å²) in [7, 11) is -0.955. The topological polar surface area (TPSA) is 119 Å². The van der Waals surface area contributed by atoms with Crippen LogP contribution in [0.1, 0.15) is 29.5 Å². The number of hydrogen-bond donors (Lipinski definition) is 1. The number of hydrogen-bond acceptors (Lipinski definition) is 10. The molecule has 10 nitrogen and oxygen atoms in total. The van der Waals surface area contributed by atoms with E-state index in [1.54, 1.807) is 25.3 Å². The van der Waals surface area contributed by atoms with Gasteiger partial charge in [-0.25, -0.2) is 0 Å². The van der Waals surface area contributed by atoms with Gasteiger partial charge in [-0.05, 0) is 48.7 Å². The largest absolute Gasteiger partial charge is 0.497 e. The Morgan fingerprint density at radius 1 is 0.957 bits per heavy atom. The summed E-state index contributed by atoms with van der Waals surface area (Å²) in [5.41, 5.74) is 2.81. The molecule has 0 spiro atoms. The minimum absolute atomic E-state index is 0.00823. The number of ether oxygens (including phenoxy) is 6. The highest BCUT2D eigenvalue weighted by Gasteiger charge is 2.47. The average Bonchev–Trinajstić information content (AvgIpc) is 3.50. The lowest BCUT2D eigenvalue weighted by Crippen LogP contribution is -2.47. The maximum absolute atomic E-state index is 12.8. The molecule has 3 aromatic rings. The molecule has 11 heteroatoms. The molecule has 0 saturated carbocycles. The van der Waals surface area contributed by atoms with E-state index >= 15 is 0 Å². The number of aliphatic hydroxyl groups excluding tert-OH is 1. The van der Waals surface area contributed by atoms with Gasteiger partial charge in [-0.3, -0.25) is 4.18 Å². The highest BCUT2D eigenvalue weighted by molar-refractivity contribution is 7.86. The van der Waals surface area contributed by atoms with Crippen LogP contribution in [0, 0.1) is 6.92 Å². The zero-order valence-electron chi connectivity index (χ0n) is 26.5. The molecule has 1 fully saturated rings. The molecule has 0 amide bonds. The van der Waals surface area contributed by atoms with Gasteiger partial charge in [-0.2, -0.15) is 8.42 Å². The van der Waals surface area contributed by atoms with Gasteiger partial charge >= 0.3 is 0 Å². The Morgan fingerprint density at radius 2 is 1.65 bits per heavy atom. The van der Waals surface area contributed by atoms with Gasteiger partial charge in [0.15, 0.2) is 0 Å². The first-order valence-corrected chi connectivity index (χ1v) is 16.6. The molecule has 1 aliphatic heterocycles. The summed E-state index contributed by atoms with van der Waals surface area (Å²) in [4.78, 5) is 0.00823. The van der Waals surface area contributed by atoms with Gasteiger partial charge in [0.2, 0.25) is 0 Å². The Balaban J connectivity index is 1.52. The monoisotopic (exact) mass is 656 g/mol. The fourth-order valence-corrected chi connectivity index (χ4v) is 6.10. The van der Waals surface area contributed by atoms with Crippen molar-refractivity contribution in [1.29, 1.82) is 0 Å². The van der Waals surface area contributed by atoms with Crippen molar-refractivity contribution in [2.75, 3.05) is 27.6 Å². The fraction of sp³-hybridized carbons (Fsp3) is 0.429. The first-order valence-electron chi connectivity index (χ1n) is 15.1. The molecule has 1 N–H and O–H groups in total. The Hall–Kier alpha value is -3.13. The van der Waals surface area contributed by atoms with Gasteiger partial charge in [0, 0.05) is 13.5 Å². The van der Waals surface area contributed by atoms with Crippen LogP contribution in [0.2, 0.25) is 0 Å². The number of aliphatic hydroxyl groups is 1. The molecule has 1 saturated heterocycles. The van der Waals surface area contributed by atoms with Crippen molar-refractivity contribution in [3.63, 3.8) is 0 Å². The second-order valence-electron chi connectivity index (χ2n) is 11.1. The van der Waals surface area contributed by atoms with Gasteiger partial charge in [0.05, 0.1) is 50.1 Å². The van der Waals surface area contributed by atoms with Crippen LogP contribution in [0.25, 0.3) is 0 Å². The summed E-state index contributed by atoms with van der Waals surface area (Å²) in [6, 6.07) is 23.6. The van der Waals surface area contributed by atoms with Crippen LogP contribution in [-0.4, -0.2) is 77.8 Å². The lowest BCUT2D eigenvalue weighted by atomic mass is 9.98. The van der Waals surface area contributed by atoms with Crippen LogP contribution in [-0.2, 0) is 51.2 Å². The van der Waals surface area contributed by atoms with E-state index in [9.17, 15) is 13.5 Å². The third-order valence-electron chi connectivity index (χ3n) is 7.69. The summed E-state index contributed by atoms with van der Waals surface area (Å²) in [5.74, 6) is 0.741. The lowest BCUT2D eigenvalue weighted by Gasteiger charge is -2.33. The Bertz CT molecular complexity index is 1430. The van der Waals surface area contributed by atoms with Crippen molar-refractivity contribution in [1.82, 2.24) is 0 Å². The first kappa shape index (κ1) is 35.7. The minimum atomic E-state index is -4.09. The molecule has 250 valence electrons. The normalized spacial score (nSPS) is 20.2. The third-order valence-corrected chi connectivity index (χ3v) is 8.99. The average molecular weight is 657 g/mol. The third kappa shape index (κ3) is 10.2. The smallest absolute Gasteiger partial charge is 0.297 e. The maximum atomic E-state index is 12.8. The molecule has 46 heavy (non-hydrogen) atoms. The van der Waals surface area contributed by atoms with E-state index in [-0.39, 0.29) is 24.7 Å². The molecular weight excluding hydrogens is 612 g/mol. The molecule has 1 aliphatic rings. The quantitative estimate of drug-likeness (QED) is 0.108. The van der Waals surface area contributed by atoms with Crippen molar-refractivity contribution in [3.05, 3.63) is 108 Å². The SMILES string of the molecule is C=CC[C@@H](OCc1ccc(OC)cc1)[C@@H](OCOC)[C@@H]1O[C@@H]([C@@H](O)COS(=O)(=O)c2ccc(C)cc2)C[C@@H]1OCc1ccccc1. The van der Waals surface area contributed by atoms with Crippen LogP contribution in [0.4, 0.5) is 0 Å². The fourth-order valence-electron chi connectivity index (χ4n) is 5.17. The molecule has 0 bridgehead atoms. The van der Waals surface area contributed by atoms with Crippen LogP contribution < -0.4 is 4.74 Å². The van der Waals surface area contributed by atoms with Crippen LogP contribution in [0.5, 0.6) is 5.75 Å². The summed E-state index contributed by atoms with van der Waals surface area (Å²) < 4.78 is 66.7. The highest BCUT2D eigenvalue weighted by atomic mass is 32.2. The van der Waals surface area contributed by atoms with E-state index in [0.717, 1.165) is 22.4 Å². The van der Waals surface area contributed by atoms with E-state index in [1.165, 1.54) is 19.2 Å². The number of benzene rings is 3. The van der Waals surface area contributed by atoms with Crippen LogP contribution in [0.3, 0.4) is 0 Å². The van der Waals surface area contributed by atoms with Crippen LogP contribution >= 0.6 is 0 Å². The van der Waals surface area contributed by atoms with Crippen molar-refractivity contribution in [2.24, 2.45) is 0 Å². The van der Waals surface area contributed by atoms with E-state index in [0.29, 0.717) is 13.0 Å². The number of rotatable bonds is 19. The molecule has 4 rings (SSSR count). The molecule has 1 heterocycles. The van der Waals surface area contributed by atoms with Crippen molar-refractivity contribution < 1.29 is 46.1 Å². The molecule has 0 unspecified atom stereocenters. The predicted molar refractivity (Wildman–Crippen MR) is 172 cm³/mol. The van der Waals surface area contributed by atoms with Crippen molar-refractivity contribution in [3.8, 4) is 5.75 Å². The van der Waals surface area contributed by atoms with Crippen LogP contribution in [0.15, 0.2) is 96.4 Å². The molecular formula is C35H44O10S. The van der Waals surface area contributed by atoms with Gasteiger partial charge in [-0.1, -0.05) is 66.2 Å². The van der Waals surface area contributed by atoms with Crippen molar-refractivity contribution in [2.45, 2.75) is 74.5 Å². The van der Waals surface area contributed by atoms with E-state index in [1.807, 2.05) is 61.5 Å². The van der Waals surface area contributed by atoms with E-state index in [2.05, 4.69) is 6.58 Å². The van der Waals surface area contributed by atoms with Crippen molar-refractivity contribution >= 4 is 10.1 Å². The molecule has 3 aromatic carbocycles. The van der Waals surface area contributed by atoms with Gasteiger partial charge < -0.3 is 33.5 Å². The number of methoxy groups -OCH3 is 2. The zero-order valence-corrected chi connectivity index (χ0v) is 27.3. The molecule has 0 radical (unpaired) electrons. The standard InChI is InChI=1S/C35H44O10S/c1-5-9-31(41-22-27-14-16-28(40-4)17-15-27)34(43-24-39-3)35-33(42-21-26-10-7-6-8-11-26)20-32(45-35)30(36)23-44-46(37,38)29-18-12-25(2)13-19-29/h5-8,10-19,30-36H,1,9,20-24H2,2-4H3/t30-,31+,32+,33-,34+,35+/m0/s1. The summed E-state index contributed by atoms with van der Waals surface area (Å²) in [6.45, 7) is 5.82. The highest BCUT2D eigenvalue weighted by Crippen LogP contribution is 2.33. The lowest BCUT2D eigenvalue weighted by molar-refractivity contribution is -0.195. The molecule has 0 aromatic heterocycles. The summed E-state index contributed by atoms with van der Waals surface area (Å²) in [5, 5.41) is 11.1. The minimum Gasteiger partial charge on any atom is -0.497 e. The zero-order chi connectivity index (χ0) is 32.9.